The monoisotopic (exact) mass is 136 g/mol. The molecule has 0 aromatic carbocycles. The van der Waals surface area contributed by atoms with Gasteiger partial charge in [-0.05, 0) is 19.3 Å². The fraction of sp³-hybridized carbons (Fsp3) is 0.444. The molecule has 1 rings (SSSR count). The second-order valence-electron chi connectivity index (χ2n) is 2.65. The highest BCUT2D eigenvalue weighted by Crippen LogP contribution is 2.21. The first-order valence-electron chi connectivity index (χ1n) is 3.63. The van der Waals surface area contributed by atoms with Crippen molar-refractivity contribution in [1.82, 2.24) is 0 Å². The van der Waals surface area contributed by atoms with E-state index >= 15 is 0 Å². The third kappa shape index (κ3) is 1.56. The Labute approximate surface area is 61.4 Å². The van der Waals surface area contributed by atoms with Crippen LogP contribution in [0.25, 0.3) is 0 Å². The fourth-order valence-electron chi connectivity index (χ4n) is 1.18. The Bertz CT molecular complexity index is 168. The van der Waals surface area contributed by atoms with Gasteiger partial charge >= 0.3 is 0 Å². The van der Waals surface area contributed by atoms with Crippen LogP contribution in [-0.4, -0.2) is 6.29 Å². The zero-order valence-electron chi connectivity index (χ0n) is 6.05. The van der Waals surface area contributed by atoms with E-state index in [0.717, 1.165) is 25.5 Å². The highest BCUT2D eigenvalue weighted by atomic mass is 16.1. The van der Waals surface area contributed by atoms with E-state index in [1.807, 2.05) is 6.08 Å². The number of carbonyl (C=O) groups excluding carboxylic acids is 1. The van der Waals surface area contributed by atoms with Crippen molar-refractivity contribution in [3.05, 3.63) is 24.3 Å². The summed E-state index contributed by atoms with van der Waals surface area (Å²) in [6, 6.07) is 0. The largest absolute Gasteiger partial charge is 0.303 e. The Balaban J connectivity index is 2.51. The molecule has 1 atom stereocenters. The third-order valence-electron chi connectivity index (χ3n) is 1.94. The summed E-state index contributed by atoms with van der Waals surface area (Å²) < 4.78 is 0. The first kappa shape index (κ1) is 7.26. The number of hydrogen-bond donors (Lipinski definition) is 0. The van der Waals surface area contributed by atoms with Gasteiger partial charge in [-0.3, -0.25) is 0 Å². The molecular weight excluding hydrogens is 124 g/mol. The van der Waals surface area contributed by atoms with Crippen LogP contribution in [0.1, 0.15) is 19.3 Å². The van der Waals surface area contributed by atoms with Gasteiger partial charge in [0.15, 0.2) is 0 Å². The topological polar surface area (TPSA) is 17.1 Å². The zero-order chi connectivity index (χ0) is 7.40. The van der Waals surface area contributed by atoms with Crippen LogP contribution in [0.5, 0.6) is 0 Å². The predicted octanol–water partition coefficient (Wildman–Crippen LogP) is 2.10. The Morgan fingerprint density at radius 3 is 2.90 bits per heavy atom. The van der Waals surface area contributed by atoms with Crippen LogP contribution in [-0.2, 0) is 4.79 Å². The van der Waals surface area contributed by atoms with Crippen LogP contribution < -0.4 is 0 Å². The van der Waals surface area contributed by atoms with Gasteiger partial charge in [-0.25, -0.2) is 0 Å². The van der Waals surface area contributed by atoms with Gasteiger partial charge in [0.2, 0.25) is 0 Å². The summed E-state index contributed by atoms with van der Waals surface area (Å²) in [5, 5.41) is 0. The summed E-state index contributed by atoms with van der Waals surface area (Å²) in [5.41, 5.74) is 1.29. The predicted molar refractivity (Wildman–Crippen MR) is 41.7 cm³/mol. The summed E-state index contributed by atoms with van der Waals surface area (Å²) >= 11 is 0. The van der Waals surface area contributed by atoms with E-state index < -0.39 is 0 Å². The average Bonchev–Trinajstić information content (AvgIpc) is 2.05. The number of hydrogen-bond acceptors (Lipinski definition) is 1. The lowest BCUT2D eigenvalue weighted by Gasteiger charge is -2.13. The maximum absolute atomic E-state index is 10.3. The summed E-state index contributed by atoms with van der Waals surface area (Å²) in [4.78, 5) is 10.3. The molecule has 0 fully saturated rings. The molecule has 0 aromatic heterocycles. The van der Waals surface area contributed by atoms with Crippen molar-refractivity contribution in [1.29, 1.82) is 0 Å². The van der Waals surface area contributed by atoms with Gasteiger partial charge in [0.05, 0.1) is 0 Å². The first-order chi connectivity index (χ1) is 4.86. The molecule has 0 radical (unpaired) electrons. The molecule has 1 heteroatoms. The van der Waals surface area contributed by atoms with Gasteiger partial charge in [0.1, 0.15) is 6.29 Å². The van der Waals surface area contributed by atoms with Crippen molar-refractivity contribution in [2.24, 2.45) is 5.92 Å². The maximum Gasteiger partial charge on any atom is 0.123 e. The number of aldehydes is 1. The van der Waals surface area contributed by atoms with E-state index in [0.29, 0.717) is 0 Å². The fourth-order valence-corrected chi connectivity index (χ4v) is 1.18. The number of carbonyl (C=O) groups is 1. The molecule has 0 bridgehead atoms. The minimum atomic E-state index is 0.267. The second kappa shape index (κ2) is 3.35. The quantitative estimate of drug-likeness (QED) is 0.531. The lowest BCUT2D eigenvalue weighted by molar-refractivity contribution is -0.111. The molecule has 54 valence electrons. The van der Waals surface area contributed by atoms with Gasteiger partial charge in [0, 0.05) is 5.92 Å². The molecule has 1 nitrogen and oxygen atoms in total. The van der Waals surface area contributed by atoms with E-state index in [4.69, 9.17) is 0 Å². The molecule has 0 spiro atoms. The maximum atomic E-state index is 10.3. The van der Waals surface area contributed by atoms with Gasteiger partial charge in [0.25, 0.3) is 0 Å². The highest BCUT2D eigenvalue weighted by molar-refractivity contribution is 5.54. The zero-order valence-corrected chi connectivity index (χ0v) is 6.05. The first-order valence-corrected chi connectivity index (χ1v) is 3.63. The normalized spacial score (nSPS) is 25.2. The molecule has 0 saturated heterocycles. The number of rotatable bonds is 2. The van der Waals surface area contributed by atoms with Crippen molar-refractivity contribution in [3.63, 3.8) is 0 Å². The molecule has 1 aliphatic rings. The van der Waals surface area contributed by atoms with Gasteiger partial charge in [-0.2, -0.15) is 0 Å². The third-order valence-corrected chi connectivity index (χ3v) is 1.94. The van der Waals surface area contributed by atoms with Gasteiger partial charge in [-0.15, -0.1) is 0 Å². The molecule has 1 aliphatic carbocycles. The van der Waals surface area contributed by atoms with E-state index in [1.54, 1.807) is 0 Å². The molecule has 10 heavy (non-hydrogen) atoms. The van der Waals surface area contributed by atoms with E-state index in [2.05, 4.69) is 12.7 Å². The summed E-state index contributed by atoms with van der Waals surface area (Å²) in [5.74, 6) is 0.267. The Kier molecular flexibility index (Phi) is 2.43. The summed E-state index contributed by atoms with van der Waals surface area (Å²) in [6.07, 6.45) is 7.96. The molecule has 0 heterocycles. The molecule has 0 N–H and O–H groups in total. The van der Waals surface area contributed by atoms with Crippen molar-refractivity contribution in [3.8, 4) is 0 Å². The van der Waals surface area contributed by atoms with E-state index in [1.165, 1.54) is 5.57 Å². The van der Waals surface area contributed by atoms with Crippen molar-refractivity contribution >= 4 is 6.29 Å². The molecular formula is C9H12O. The molecule has 0 aliphatic heterocycles. The number of allylic oxidation sites excluding steroid dienone is 3. The Hall–Kier alpha value is -0.850. The van der Waals surface area contributed by atoms with Crippen molar-refractivity contribution in [2.75, 3.05) is 0 Å². The highest BCUT2D eigenvalue weighted by Gasteiger charge is 2.10. The van der Waals surface area contributed by atoms with Crippen LogP contribution in [0.15, 0.2) is 24.3 Å². The lowest BCUT2D eigenvalue weighted by atomic mass is 9.91. The lowest BCUT2D eigenvalue weighted by Crippen LogP contribution is -2.05. The Morgan fingerprint density at radius 1 is 1.70 bits per heavy atom. The van der Waals surface area contributed by atoms with Crippen LogP contribution >= 0.6 is 0 Å². The van der Waals surface area contributed by atoms with E-state index in [-0.39, 0.29) is 5.92 Å². The van der Waals surface area contributed by atoms with Crippen LogP contribution in [0.3, 0.4) is 0 Å². The molecule has 0 saturated carbocycles. The molecule has 0 amide bonds. The smallest absolute Gasteiger partial charge is 0.123 e. The van der Waals surface area contributed by atoms with Crippen LogP contribution in [0, 0.1) is 5.92 Å². The van der Waals surface area contributed by atoms with Crippen LogP contribution in [0.4, 0.5) is 0 Å². The SMILES string of the molecule is C=CC1=CC[C@@H](C=O)CC1. The van der Waals surface area contributed by atoms with Crippen molar-refractivity contribution < 1.29 is 4.79 Å². The van der Waals surface area contributed by atoms with Gasteiger partial charge in [-0.1, -0.05) is 24.3 Å². The summed E-state index contributed by atoms with van der Waals surface area (Å²) in [6.45, 7) is 3.68. The average molecular weight is 136 g/mol. The standard InChI is InChI=1S/C9H12O/c1-2-8-3-5-9(7-10)6-4-8/h2-3,7,9H,1,4-6H2/t9-/m1/s1. The van der Waals surface area contributed by atoms with Crippen molar-refractivity contribution in [2.45, 2.75) is 19.3 Å². The van der Waals surface area contributed by atoms with Crippen LogP contribution in [0.2, 0.25) is 0 Å². The van der Waals surface area contributed by atoms with Gasteiger partial charge < -0.3 is 4.79 Å². The molecule has 0 aromatic rings. The second-order valence-corrected chi connectivity index (χ2v) is 2.65. The summed E-state index contributed by atoms with van der Waals surface area (Å²) in [7, 11) is 0. The molecule has 0 unspecified atom stereocenters. The minimum absolute atomic E-state index is 0.267. The minimum Gasteiger partial charge on any atom is -0.303 e. The Morgan fingerprint density at radius 2 is 2.50 bits per heavy atom. The van der Waals surface area contributed by atoms with E-state index in [9.17, 15) is 4.79 Å².